The van der Waals surface area contributed by atoms with Crippen LogP contribution in [0.2, 0.25) is 0 Å². The third-order valence-corrected chi connectivity index (χ3v) is 2.63. The summed E-state index contributed by atoms with van der Waals surface area (Å²) in [6, 6.07) is 1.57. The first-order chi connectivity index (χ1) is 7.15. The minimum Gasteiger partial charge on any atom is -0.496 e. The molecule has 0 heterocycles. The van der Waals surface area contributed by atoms with Gasteiger partial charge in [0.1, 0.15) is 11.6 Å². The van der Waals surface area contributed by atoms with E-state index in [1.807, 2.05) is 6.92 Å². The molecule has 1 rings (SSSR count). The Morgan fingerprint density at radius 1 is 1.47 bits per heavy atom. The van der Waals surface area contributed by atoms with Crippen LogP contribution in [0.1, 0.15) is 23.6 Å². The molecule has 0 unspecified atom stereocenters. The summed E-state index contributed by atoms with van der Waals surface area (Å²) < 4.78 is 18.8. The molecule has 15 heavy (non-hydrogen) atoms. The second kappa shape index (κ2) is 5.12. The summed E-state index contributed by atoms with van der Waals surface area (Å²) in [5, 5.41) is 0. The molecule has 1 aromatic carbocycles. The fraction of sp³-hybridized carbons (Fsp3) is 0.500. The average molecular weight is 211 g/mol. The Kier molecular flexibility index (Phi) is 4.09. The first kappa shape index (κ1) is 12.0. The summed E-state index contributed by atoms with van der Waals surface area (Å²) >= 11 is 0. The van der Waals surface area contributed by atoms with Crippen LogP contribution in [0.4, 0.5) is 4.39 Å². The molecule has 0 saturated carbocycles. The lowest BCUT2D eigenvalue weighted by atomic mass is 9.98. The van der Waals surface area contributed by atoms with Crippen molar-refractivity contribution in [1.29, 1.82) is 0 Å². The van der Waals surface area contributed by atoms with Gasteiger partial charge in [0.25, 0.3) is 0 Å². The van der Waals surface area contributed by atoms with Crippen molar-refractivity contribution in [1.82, 2.24) is 0 Å². The molecule has 0 fully saturated rings. The summed E-state index contributed by atoms with van der Waals surface area (Å²) in [5.74, 6) is 0.452. The Hall–Kier alpha value is -1.09. The Morgan fingerprint density at radius 2 is 2.13 bits per heavy atom. The first-order valence-electron chi connectivity index (χ1n) is 5.20. The van der Waals surface area contributed by atoms with Gasteiger partial charge in [-0.05, 0) is 43.5 Å². The smallest absolute Gasteiger partial charge is 0.130 e. The van der Waals surface area contributed by atoms with Crippen LogP contribution < -0.4 is 10.5 Å². The molecule has 0 spiro atoms. The van der Waals surface area contributed by atoms with E-state index in [1.165, 1.54) is 0 Å². The fourth-order valence-electron chi connectivity index (χ4n) is 1.87. The lowest BCUT2D eigenvalue weighted by Crippen LogP contribution is -2.08. The van der Waals surface area contributed by atoms with Crippen molar-refractivity contribution >= 4 is 0 Å². The van der Waals surface area contributed by atoms with Crippen molar-refractivity contribution in [3.05, 3.63) is 28.6 Å². The zero-order valence-corrected chi connectivity index (χ0v) is 9.56. The molecule has 0 aromatic heterocycles. The van der Waals surface area contributed by atoms with E-state index in [-0.39, 0.29) is 5.82 Å². The number of benzene rings is 1. The maximum Gasteiger partial charge on any atom is 0.130 e. The fourth-order valence-corrected chi connectivity index (χ4v) is 1.87. The van der Waals surface area contributed by atoms with Gasteiger partial charge in [0, 0.05) is 5.56 Å². The summed E-state index contributed by atoms with van der Waals surface area (Å²) in [7, 11) is 1.58. The van der Waals surface area contributed by atoms with Crippen molar-refractivity contribution in [2.24, 2.45) is 5.73 Å². The number of hydrogen-bond acceptors (Lipinski definition) is 2. The van der Waals surface area contributed by atoms with Gasteiger partial charge < -0.3 is 10.5 Å². The van der Waals surface area contributed by atoms with Crippen molar-refractivity contribution in [2.45, 2.75) is 26.7 Å². The van der Waals surface area contributed by atoms with Crippen LogP contribution in [0.3, 0.4) is 0 Å². The molecule has 0 bridgehead atoms. The number of methoxy groups -OCH3 is 1. The van der Waals surface area contributed by atoms with Gasteiger partial charge in [-0.3, -0.25) is 0 Å². The topological polar surface area (TPSA) is 35.2 Å². The molecular formula is C12H18FNO. The van der Waals surface area contributed by atoms with Gasteiger partial charge in [0.2, 0.25) is 0 Å². The van der Waals surface area contributed by atoms with E-state index in [0.717, 1.165) is 17.5 Å². The number of rotatable bonds is 4. The molecule has 0 saturated heterocycles. The number of hydrogen-bond donors (Lipinski definition) is 1. The van der Waals surface area contributed by atoms with E-state index >= 15 is 0 Å². The SMILES string of the molecule is CCc1c(CCN)cc(F)c(C)c1OC. The van der Waals surface area contributed by atoms with Crippen LogP contribution in [-0.4, -0.2) is 13.7 Å². The van der Waals surface area contributed by atoms with Crippen LogP contribution in [0.25, 0.3) is 0 Å². The largest absolute Gasteiger partial charge is 0.496 e. The number of halogens is 1. The Labute approximate surface area is 90.2 Å². The molecule has 3 heteroatoms. The monoisotopic (exact) mass is 211 g/mol. The zero-order valence-electron chi connectivity index (χ0n) is 9.56. The van der Waals surface area contributed by atoms with Gasteiger partial charge >= 0.3 is 0 Å². The minimum absolute atomic E-state index is 0.215. The predicted molar refractivity (Wildman–Crippen MR) is 59.8 cm³/mol. The Balaban J connectivity index is 3.33. The normalized spacial score (nSPS) is 10.5. The molecule has 0 aliphatic heterocycles. The molecule has 2 N–H and O–H groups in total. The summed E-state index contributed by atoms with van der Waals surface area (Å²) in [6.07, 6.45) is 1.52. The molecule has 0 radical (unpaired) electrons. The van der Waals surface area contributed by atoms with Crippen LogP contribution in [0, 0.1) is 12.7 Å². The molecule has 0 atom stereocenters. The van der Waals surface area contributed by atoms with Gasteiger partial charge in [0.15, 0.2) is 0 Å². The second-order valence-electron chi connectivity index (χ2n) is 3.55. The van der Waals surface area contributed by atoms with E-state index in [0.29, 0.717) is 24.3 Å². The third kappa shape index (κ3) is 2.29. The molecule has 2 nitrogen and oxygen atoms in total. The average Bonchev–Trinajstić information content (AvgIpc) is 2.23. The van der Waals surface area contributed by atoms with E-state index in [9.17, 15) is 4.39 Å². The van der Waals surface area contributed by atoms with Crippen molar-refractivity contribution < 1.29 is 9.13 Å². The molecule has 0 amide bonds. The van der Waals surface area contributed by atoms with Crippen LogP contribution in [0.15, 0.2) is 6.07 Å². The van der Waals surface area contributed by atoms with Gasteiger partial charge in [-0.25, -0.2) is 4.39 Å². The molecule has 0 aliphatic rings. The quantitative estimate of drug-likeness (QED) is 0.828. The first-order valence-corrected chi connectivity index (χ1v) is 5.20. The summed E-state index contributed by atoms with van der Waals surface area (Å²) in [5.41, 5.74) is 8.11. The van der Waals surface area contributed by atoms with E-state index in [1.54, 1.807) is 20.1 Å². The Bertz CT molecular complexity index is 350. The minimum atomic E-state index is -0.215. The molecular weight excluding hydrogens is 193 g/mol. The molecule has 1 aromatic rings. The maximum atomic E-state index is 13.5. The number of nitrogens with two attached hydrogens (primary N) is 1. The second-order valence-corrected chi connectivity index (χ2v) is 3.55. The van der Waals surface area contributed by atoms with Crippen molar-refractivity contribution in [3.8, 4) is 5.75 Å². The van der Waals surface area contributed by atoms with Crippen molar-refractivity contribution in [2.75, 3.05) is 13.7 Å². The van der Waals surface area contributed by atoms with Crippen LogP contribution in [-0.2, 0) is 12.8 Å². The highest BCUT2D eigenvalue weighted by Gasteiger charge is 2.14. The van der Waals surface area contributed by atoms with E-state index in [4.69, 9.17) is 10.5 Å². The maximum absolute atomic E-state index is 13.5. The van der Waals surface area contributed by atoms with Gasteiger partial charge in [0.05, 0.1) is 7.11 Å². The molecule has 0 aliphatic carbocycles. The molecule has 84 valence electrons. The standard InChI is InChI=1S/C12H18FNO/c1-4-10-9(5-6-14)7-11(13)8(2)12(10)15-3/h7H,4-6,14H2,1-3H3. The van der Waals surface area contributed by atoms with Crippen LogP contribution >= 0.6 is 0 Å². The summed E-state index contributed by atoms with van der Waals surface area (Å²) in [4.78, 5) is 0. The third-order valence-electron chi connectivity index (χ3n) is 2.63. The predicted octanol–water partition coefficient (Wildman–Crippen LogP) is 2.21. The van der Waals surface area contributed by atoms with Gasteiger partial charge in [-0.2, -0.15) is 0 Å². The summed E-state index contributed by atoms with van der Waals surface area (Å²) in [6.45, 7) is 4.30. The Morgan fingerprint density at radius 3 is 2.60 bits per heavy atom. The number of ether oxygens (including phenoxy) is 1. The van der Waals surface area contributed by atoms with E-state index in [2.05, 4.69) is 0 Å². The zero-order chi connectivity index (χ0) is 11.4. The van der Waals surface area contributed by atoms with Gasteiger partial charge in [-0.15, -0.1) is 0 Å². The van der Waals surface area contributed by atoms with Crippen molar-refractivity contribution in [3.63, 3.8) is 0 Å². The highest BCUT2D eigenvalue weighted by Crippen LogP contribution is 2.29. The van der Waals surface area contributed by atoms with E-state index < -0.39 is 0 Å². The lowest BCUT2D eigenvalue weighted by Gasteiger charge is -2.15. The highest BCUT2D eigenvalue weighted by molar-refractivity contribution is 5.47. The highest BCUT2D eigenvalue weighted by atomic mass is 19.1. The lowest BCUT2D eigenvalue weighted by molar-refractivity contribution is 0.401. The van der Waals surface area contributed by atoms with Crippen LogP contribution in [0.5, 0.6) is 5.75 Å². The van der Waals surface area contributed by atoms with Gasteiger partial charge in [-0.1, -0.05) is 6.92 Å².